The number of thiazole rings is 1. The number of thiophene rings is 1. The summed E-state index contributed by atoms with van der Waals surface area (Å²) >= 11 is 3.26. The van der Waals surface area contributed by atoms with Gasteiger partial charge in [0.05, 0.1) is 9.58 Å². The lowest BCUT2D eigenvalue weighted by atomic mass is 9.92. The van der Waals surface area contributed by atoms with Gasteiger partial charge in [0.1, 0.15) is 4.83 Å². The third-order valence-electron chi connectivity index (χ3n) is 5.63. The van der Waals surface area contributed by atoms with E-state index in [0.717, 1.165) is 83.5 Å². The standard InChI is InChI=1S/C18H26N4OS2.2ClH/c1-3-21(4-2)18-20-16-14(25-18)9-15(24-16)17(23)22-7-5-12-10-19-11-13(12)6-8-22;;/h9,12-13,19H,3-8,10-11H2,1-2H3;2*1H/t12-,13+;;. The summed E-state index contributed by atoms with van der Waals surface area (Å²) in [6.07, 6.45) is 2.26. The molecule has 0 aliphatic carbocycles. The fourth-order valence-electron chi connectivity index (χ4n) is 4.04. The van der Waals surface area contributed by atoms with E-state index in [9.17, 15) is 4.79 Å². The van der Waals surface area contributed by atoms with Gasteiger partial charge in [0.15, 0.2) is 5.13 Å². The highest BCUT2D eigenvalue weighted by atomic mass is 35.5. The van der Waals surface area contributed by atoms with Crippen molar-refractivity contribution in [2.75, 3.05) is 44.2 Å². The third-order valence-corrected chi connectivity index (χ3v) is 7.84. The molecular formula is C18H28Cl2N4OS2. The number of anilines is 1. The molecule has 1 amide bonds. The molecule has 0 spiro atoms. The highest BCUT2D eigenvalue weighted by molar-refractivity contribution is 7.29. The van der Waals surface area contributed by atoms with Crippen LogP contribution in [0.4, 0.5) is 5.13 Å². The number of hydrogen-bond acceptors (Lipinski definition) is 6. The Morgan fingerprint density at radius 3 is 2.37 bits per heavy atom. The topological polar surface area (TPSA) is 48.5 Å². The second kappa shape index (κ2) is 9.74. The van der Waals surface area contributed by atoms with Gasteiger partial charge < -0.3 is 15.1 Å². The molecule has 2 aliphatic heterocycles. The number of nitrogens with one attached hydrogen (secondary N) is 1. The van der Waals surface area contributed by atoms with Gasteiger partial charge in [-0.3, -0.25) is 4.79 Å². The third kappa shape index (κ3) is 4.53. The van der Waals surface area contributed by atoms with Gasteiger partial charge in [-0.1, -0.05) is 11.3 Å². The number of halogens is 2. The van der Waals surface area contributed by atoms with Gasteiger partial charge in [0.2, 0.25) is 0 Å². The van der Waals surface area contributed by atoms with Crippen molar-refractivity contribution in [3.05, 3.63) is 10.9 Å². The number of rotatable bonds is 4. The van der Waals surface area contributed by atoms with Crippen molar-refractivity contribution < 1.29 is 4.79 Å². The molecule has 2 aromatic rings. The summed E-state index contributed by atoms with van der Waals surface area (Å²) in [5, 5.41) is 4.56. The van der Waals surface area contributed by atoms with Crippen molar-refractivity contribution in [2.24, 2.45) is 11.8 Å². The van der Waals surface area contributed by atoms with Crippen molar-refractivity contribution in [3.63, 3.8) is 0 Å². The van der Waals surface area contributed by atoms with Crippen LogP contribution in [0, 0.1) is 11.8 Å². The maximum absolute atomic E-state index is 13.0. The Morgan fingerprint density at radius 1 is 1.19 bits per heavy atom. The van der Waals surface area contributed by atoms with Gasteiger partial charge in [0, 0.05) is 26.2 Å². The Labute approximate surface area is 181 Å². The van der Waals surface area contributed by atoms with Gasteiger partial charge in [-0.2, -0.15) is 0 Å². The molecule has 0 bridgehead atoms. The first-order chi connectivity index (χ1) is 12.2. The van der Waals surface area contributed by atoms with E-state index in [1.54, 1.807) is 22.7 Å². The Morgan fingerprint density at radius 2 is 1.81 bits per heavy atom. The number of nitrogens with zero attached hydrogens (tertiary/aromatic N) is 3. The zero-order valence-electron chi connectivity index (χ0n) is 15.8. The molecule has 1 N–H and O–H groups in total. The van der Waals surface area contributed by atoms with Gasteiger partial charge >= 0.3 is 0 Å². The highest BCUT2D eigenvalue weighted by Gasteiger charge is 2.32. The first-order valence-electron chi connectivity index (χ1n) is 9.34. The normalized spacial score (nSPS) is 21.9. The van der Waals surface area contributed by atoms with Crippen molar-refractivity contribution in [1.82, 2.24) is 15.2 Å². The average Bonchev–Trinajstić information content (AvgIpc) is 3.28. The lowest BCUT2D eigenvalue weighted by Gasteiger charge is -2.20. The molecule has 2 aromatic heterocycles. The predicted molar refractivity (Wildman–Crippen MR) is 121 cm³/mol. The first kappa shape index (κ1) is 22.7. The van der Waals surface area contributed by atoms with Crippen LogP contribution >= 0.6 is 47.5 Å². The fourth-order valence-corrected chi connectivity index (χ4v) is 6.34. The molecule has 5 nitrogen and oxygen atoms in total. The van der Waals surface area contributed by atoms with Gasteiger partial charge in [-0.05, 0) is 57.7 Å². The van der Waals surface area contributed by atoms with Crippen LogP contribution in [0.25, 0.3) is 9.53 Å². The van der Waals surface area contributed by atoms with E-state index in [1.807, 2.05) is 0 Å². The van der Waals surface area contributed by atoms with Crippen LogP contribution in [0.2, 0.25) is 0 Å². The molecule has 4 heterocycles. The van der Waals surface area contributed by atoms with Crippen molar-refractivity contribution >= 4 is 68.1 Å². The number of fused-ring (bicyclic) bond motifs is 2. The van der Waals surface area contributed by atoms with Crippen LogP contribution in [0.15, 0.2) is 6.07 Å². The Balaban J connectivity index is 0.00000131. The first-order valence-corrected chi connectivity index (χ1v) is 11.0. The fraction of sp³-hybridized carbons (Fsp3) is 0.667. The SMILES string of the molecule is CCN(CC)c1nc2sc(C(=O)N3CC[C@@H]4CNC[C@@H]4CC3)cc2s1.Cl.Cl. The molecule has 2 aliphatic rings. The zero-order valence-corrected chi connectivity index (χ0v) is 19.0. The minimum absolute atomic E-state index is 0. The van der Waals surface area contributed by atoms with E-state index in [1.165, 1.54) is 0 Å². The molecule has 2 atom stereocenters. The van der Waals surface area contributed by atoms with Crippen LogP contribution in [0.3, 0.4) is 0 Å². The smallest absolute Gasteiger partial charge is 0.264 e. The lowest BCUT2D eigenvalue weighted by molar-refractivity contribution is 0.0763. The minimum atomic E-state index is 0. The number of amides is 1. The largest absolute Gasteiger partial charge is 0.349 e. The van der Waals surface area contributed by atoms with Crippen molar-refractivity contribution in [1.29, 1.82) is 0 Å². The molecule has 2 fully saturated rings. The lowest BCUT2D eigenvalue weighted by Crippen LogP contribution is -2.32. The van der Waals surface area contributed by atoms with E-state index >= 15 is 0 Å². The quantitative estimate of drug-likeness (QED) is 0.760. The minimum Gasteiger partial charge on any atom is -0.349 e. The monoisotopic (exact) mass is 450 g/mol. The van der Waals surface area contributed by atoms with Gasteiger partial charge in [-0.15, -0.1) is 36.2 Å². The summed E-state index contributed by atoms with van der Waals surface area (Å²) in [7, 11) is 0. The summed E-state index contributed by atoms with van der Waals surface area (Å²) < 4.78 is 1.14. The number of aromatic nitrogens is 1. The van der Waals surface area contributed by atoms with Crippen LogP contribution in [-0.2, 0) is 0 Å². The second-order valence-corrected chi connectivity index (χ2v) is 9.04. The van der Waals surface area contributed by atoms with Crippen LogP contribution in [0.1, 0.15) is 36.4 Å². The molecule has 0 aromatic carbocycles. The number of carbonyl (C=O) groups is 1. The van der Waals surface area contributed by atoms with Crippen LogP contribution in [-0.4, -0.2) is 55.1 Å². The van der Waals surface area contributed by atoms with E-state index in [-0.39, 0.29) is 30.7 Å². The van der Waals surface area contributed by atoms with E-state index in [0.29, 0.717) is 0 Å². The zero-order chi connectivity index (χ0) is 17.4. The maximum atomic E-state index is 13.0. The van der Waals surface area contributed by atoms with E-state index in [2.05, 4.69) is 35.0 Å². The van der Waals surface area contributed by atoms with Crippen LogP contribution in [0.5, 0.6) is 0 Å². The summed E-state index contributed by atoms with van der Waals surface area (Å²) in [4.78, 5) is 23.9. The Kier molecular flexibility index (Phi) is 8.19. The van der Waals surface area contributed by atoms with E-state index in [4.69, 9.17) is 4.98 Å². The number of hydrogen-bond donors (Lipinski definition) is 1. The number of carbonyl (C=O) groups excluding carboxylic acids is 1. The average molecular weight is 451 g/mol. The summed E-state index contributed by atoms with van der Waals surface area (Å²) in [6.45, 7) is 10.3. The van der Waals surface area contributed by atoms with Crippen LogP contribution < -0.4 is 10.2 Å². The molecule has 0 unspecified atom stereocenters. The summed E-state index contributed by atoms with van der Waals surface area (Å²) in [6, 6.07) is 2.06. The summed E-state index contributed by atoms with van der Waals surface area (Å²) in [5.41, 5.74) is 0. The molecule has 2 saturated heterocycles. The molecule has 0 radical (unpaired) electrons. The molecular weight excluding hydrogens is 423 g/mol. The Hall–Kier alpha value is -0.600. The molecule has 152 valence electrons. The molecule has 4 rings (SSSR count). The Bertz CT molecular complexity index is 716. The molecule has 9 heteroatoms. The highest BCUT2D eigenvalue weighted by Crippen LogP contribution is 2.35. The van der Waals surface area contributed by atoms with Gasteiger partial charge in [-0.25, -0.2) is 4.98 Å². The van der Waals surface area contributed by atoms with Crippen molar-refractivity contribution in [2.45, 2.75) is 26.7 Å². The molecule has 0 saturated carbocycles. The number of likely N-dealkylation sites (tertiary alicyclic amines) is 1. The maximum Gasteiger partial charge on any atom is 0.264 e. The molecule has 27 heavy (non-hydrogen) atoms. The van der Waals surface area contributed by atoms with Gasteiger partial charge in [0.25, 0.3) is 5.91 Å². The summed E-state index contributed by atoms with van der Waals surface area (Å²) in [5.74, 6) is 1.71. The second-order valence-electron chi connectivity index (χ2n) is 7.00. The van der Waals surface area contributed by atoms with Crippen molar-refractivity contribution in [3.8, 4) is 0 Å². The predicted octanol–water partition coefficient (Wildman–Crippen LogP) is 4.12. The van der Waals surface area contributed by atoms with E-state index < -0.39 is 0 Å².